The van der Waals surface area contributed by atoms with Gasteiger partial charge in [0.1, 0.15) is 11.6 Å². The summed E-state index contributed by atoms with van der Waals surface area (Å²) in [5, 5.41) is 0.992. The predicted molar refractivity (Wildman–Crippen MR) is 90.1 cm³/mol. The van der Waals surface area contributed by atoms with Crippen LogP contribution < -0.4 is 11.3 Å². The first-order valence-electron chi connectivity index (χ1n) is 7.21. The van der Waals surface area contributed by atoms with Crippen LogP contribution in [-0.4, -0.2) is 26.7 Å². The van der Waals surface area contributed by atoms with Crippen molar-refractivity contribution in [2.75, 3.05) is 16.9 Å². The minimum absolute atomic E-state index is 0.387. The maximum Gasteiger partial charge on any atom is 0.145 e. The molecule has 2 unspecified atom stereocenters. The highest BCUT2D eigenvalue weighted by Crippen LogP contribution is 2.43. The van der Waals surface area contributed by atoms with Crippen molar-refractivity contribution in [1.29, 1.82) is 0 Å². The first-order valence-corrected chi connectivity index (χ1v) is 9.31. The second-order valence-electron chi connectivity index (χ2n) is 5.45. The van der Waals surface area contributed by atoms with Gasteiger partial charge in [-0.2, -0.15) is 11.8 Å². The molecular weight excluding hydrogens is 288 g/mol. The Labute approximate surface area is 130 Å². The van der Waals surface area contributed by atoms with E-state index >= 15 is 0 Å². The number of hydrogen-bond acceptors (Lipinski definition) is 6. The quantitative estimate of drug-likeness (QED) is 0.643. The van der Waals surface area contributed by atoms with Crippen molar-refractivity contribution in [3.8, 4) is 0 Å². The van der Waals surface area contributed by atoms with Crippen molar-refractivity contribution < 1.29 is 0 Å². The predicted octanol–water partition coefficient (Wildman–Crippen LogP) is 3.26. The maximum atomic E-state index is 5.56. The van der Waals surface area contributed by atoms with E-state index in [4.69, 9.17) is 10.8 Å². The number of rotatable bonds is 5. The Bertz CT molecular complexity index is 439. The molecule has 0 bridgehead atoms. The van der Waals surface area contributed by atoms with E-state index in [0.29, 0.717) is 16.4 Å². The highest BCUT2D eigenvalue weighted by atomic mass is 32.2. The van der Waals surface area contributed by atoms with Crippen LogP contribution in [0.5, 0.6) is 0 Å². The van der Waals surface area contributed by atoms with E-state index in [1.807, 2.05) is 29.6 Å². The van der Waals surface area contributed by atoms with Gasteiger partial charge in [-0.25, -0.2) is 15.8 Å². The van der Waals surface area contributed by atoms with Gasteiger partial charge in [0, 0.05) is 28.5 Å². The molecule has 1 aromatic heterocycles. The lowest BCUT2D eigenvalue weighted by molar-refractivity contribution is 0.627. The molecule has 0 saturated carbocycles. The summed E-state index contributed by atoms with van der Waals surface area (Å²) < 4.78 is 0. The largest absolute Gasteiger partial charge is 0.308 e. The molecule has 0 radical (unpaired) electrons. The van der Waals surface area contributed by atoms with Crippen LogP contribution in [0.2, 0.25) is 0 Å². The van der Waals surface area contributed by atoms with Crippen LogP contribution in [0.3, 0.4) is 0 Å². The second kappa shape index (κ2) is 7.52. The van der Waals surface area contributed by atoms with Gasteiger partial charge in [-0.1, -0.05) is 20.8 Å². The van der Waals surface area contributed by atoms with Crippen molar-refractivity contribution >= 4 is 29.3 Å². The smallest absolute Gasteiger partial charge is 0.145 e. The standard InChI is InChI=1S/C14H24N4S2/c1-4-11-13(20-6-5-19-11)14-16-10(7-9(2)3)8-12(17-14)18-15/h8-9,11,13H,4-7,15H2,1-3H3,(H,16,17,18). The van der Waals surface area contributed by atoms with Crippen LogP contribution in [0.25, 0.3) is 0 Å². The zero-order chi connectivity index (χ0) is 14.5. The molecule has 3 N–H and O–H groups in total. The van der Waals surface area contributed by atoms with Crippen LogP contribution in [0, 0.1) is 5.92 Å². The van der Waals surface area contributed by atoms with E-state index in [0.717, 1.165) is 30.2 Å². The number of nitrogens with two attached hydrogens (primary N) is 1. The Morgan fingerprint density at radius 1 is 1.35 bits per heavy atom. The van der Waals surface area contributed by atoms with E-state index in [9.17, 15) is 0 Å². The van der Waals surface area contributed by atoms with Crippen LogP contribution >= 0.6 is 23.5 Å². The van der Waals surface area contributed by atoms with Gasteiger partial charge < -0.3 is 5.43 Å². The van der Waals surface area contributed by atoms with E-state index < -0.39 is 0 Å². The van der Waals surface area contributed by atoms with Crippen molar-refractivity contribution in [2.45, 2.75) is 44.1 Å². The number of anilines is 1. The lowest BCUT2D eigenvalue weighted by atomic mass is 10.1. The first kappa shape index (κ1) is 15.9. The number of nitrogens with one attached hydrogen (secondary N) is 1. The number of nitrogens with zero attached hydrogens (tertiary/aromatic N) is 2. The average Bonchev–Trinajstić information content (AvgIpc) is 2.46. The van der Waals surface area contributed by atoms with Crippen LogP contribution in [0.4, 0.5) is 5.82 Å². The summed E-state index contributed by atoms with van der Waals surface area (Å²) in [5.41, 5.74) is 3.77. The normalized spacial score (nSPS) is 23.1. The number of hydrogen-bond donors (Lipinski definition) is 2. The van der Waals surface area contributed by atoms with Crippen molar-refractivity contribution in [2.24, 2.45) is 11.8 Å². The van der Waals surface area contributed by atoms with Gasteiger partial charge in [0.05, 0.1) is 5.25 Å². The zero-order valence-corrected chi connectivity index (χ0v) is 14.1. The summed E-state index contributed by atoms with van der Waals surface area (Å²) in [6, 6.07) is 1.96. The molecule has 0 spiro atoms. The molecule has 4 nitrogen and oxygen atoms in total. The number of thioether (sulfide) groups is 2. The zero-order valence-electron chi connectivity index (χ0n) is 12.4. The Morgan fingerprint density at radius 3 is 2.75 bits per heavy atom. The van der Waals surface area contributed by atoms with Gasteiger partial charge in [0.15, 0.2) is 0 Å². The summed E-state index contributed by atoms with van der Waals surface area (Å²) in [7, 11) is 0. The topological polar surface area (TPSA) is 63.8 Å². The molecule has 0 aliphatic carbocycles. The van der Waals surface area contributed by atoms with E-state index in [2.05, 4.69) is 31.2 Å². The van der Waals surface area contributed by atoms with Gasteiger partial charge >= 0.3 is 0 Å². The molecule has 0 amide bonds. The summed E-state index contributed by atoms with van der Waals surface area (Å²) in [5.74, 6) is 10.2. The highest BCUT2D eigenvalue weighted by molar-refractivity contribution is 8.06. The molecular formula is C14H24N4S2. The first-order chi connectivity index (χ1) is 9.63. The fraction of sp³-hybridized carbons (Fsp3) is 0.714. The third-order valence-electron chi connectivity index (χ3n) is 3.27. The lowest BCUT2D eigenvalue weighted by Crippen LogP contribution is -2.22. The van der Waals surface area contributed by atoms with Gasteiger partial charge in [0.25, 0.3) is 0 Å². The molecule has 0 aromatic carbocycles. The Kier molecular flexibility index (Phi) is 5.99. The minimum Gasteiger partial charge on any atom is -0.308 e. The summed E-state index contributed by atoms with van der Waals surface area (Å²) >= 11 is 4.03. The maximum absolute atomic E-state index is 5.56. The molecule has 1 aliphatic heterocycles. The van der Waals surface area contributed by atoms with Crippen molar-refractivity contribution in [1.82, 2.24) is 9.97 Å². The molecule has 1 aliphatic rings. The summed E-state index contributed by atoms with van der Waals surface area (Å²) in [6.07, 6.45) is 2.12. The second-order valence-corrected chi connectivity index (χ2v) is 8.05. The molecule has 2 heterocycles. The van der Waals surface area contributed by atoms with Crippen LogP contribution in [0.1, 0.15) is 44.0 Å². The van der Waals surface area contributed by atoms with E-state index in [-0.39, 0.29) is 0 Å². The van der Waals surface area contributed by atoms with E-state index in [1.54, 1.807) is 0 Å². The van der Waals surface area contributed by atoms with Crippen LogP contribution in [-0.2, 0) is 6.42 Å². The molecule has 1 saturated heterocycles. The molecule has 20 heavy (non-hydrogen) atoms. The summed E-state index contributed by atoms with van der Waals surface area (Å²) in [4.78, 5) is 9.40. The fourth-order valence-electron chi connectivity index (χ4n) is 2.38. The molecule has 112 valence electrons. The molecule has 2 atom stereocenters. The number of aromatic nitrogens is 2. The molecule has 1 fully saturated rings. The average molecular weight is 313 g/mol. The highest BCUT2D eigenvalue weighted by Gasteiger charge is 2.29. The number of nitrogen functional groups attached to an aromatic ring is 1. The molecule has 6 heteroatoms. The van der Waals surface area contributed by atoms with Crippen molar-refractivity contribution in [3.63, 3.8) is 0 Å². The fourth-order valence-corrected chi connectivity index (χ4v) is 5.38. The van der Waals surface area contributed by atoms with Gasteiger partial charge in [-0.15, -0.1) is 11.8 Å². The summed E-state index contributed by atoms with van der Waals surface area (Å²) in [6.45, 7) is 6.66. The SMILES string of the molecule is CCC1SCCSC1c1nc(CC(C)C)cc(NN)n1. The molecule has 2 rings (SSSR count). The Hall–Kier alpha value is -0.460. The molecule has 1 aromatic rings. The van der Waals surface area contributed by atoms with Gasteiger partial charge in [-0.3, -0.25) is 0 Å². The third kappa shape index (κ3) is 4.02. The Balaban J connectivity index is 2.28. The third-order valence-corrected chi connectivity index (χ3v) is 6.51. The minimum atomic E-state index is 0.387. The van der Waals surface area contributed by atoms with Crippen molar-refractivity contribution in [3.05, 3.63) is 17.6 Å². The monoisotopic (exact) mass is 312 g/mol. The van der Waals surface area contributed by atoms with Gasteiger partial charge in [0.2, 0.25) is 0 Å². The Morgan fingerprint density at radius 2 is 2.10 bits per heavy atom. The van der Waals surface area contributed by atoms with E-state index in [1.165, 1.54) is 11.5 Å². The number of hydrazine groups is 1. The van der Waals surface area contributed by atoms with Crippen LogP contribution in [0.15, 0.2) is 6.07 Å². The van der Waals surface area contributed by atoms with Gasteiger partial charge in [-0.05, 0) is 18.8 Å². The lowest BCUT2D eigenvalue weighted by Gasteiger charge is -2.29.